The fourth-order valence-electron chi connectivity index (χ4n) is 1.58. The number of pyridine rings is 1. The maximum atomic E-state index is 11.6. The maximum Gasteiger partial charge on any atom is 0.179 e. The van der Waals surface area contributed by atoms with Crippen LogP contribution in [0, 0.1) is 0 Å². The highest BCUT2D eigenvalue weighted by Gasteiger charge is 2.13. The number of hydrogen-bond donors (Lipinski definition) is 1. The van der Waals surface area contributed by atoms with Gasteiger partial charge in [0.2, 0.25) is 0 Å². The average molecular weight is 286 g/mol. The van der Waals surface area contributed by atoms with Crippen LogP contribution in [0.4, 0.5) is 5.82 Å². The first kappa shape index (κ1) is 15.9. The van der Waals surface area contributed by atoms with Crippen LogP contribution >= 0.6 is 0 Å². The minimum absolute atomic E-state index is 0.244. The average Bonchev–Trinajstić information content (AvgIpc) is 2.32. The second kappa shape index (κ2) is 7.45. The van der Waals surface area contributed by atoms with E-state index < -0.39 is 9.84 Å². The molecular formula is C13H22N2O3S. The van der Waals surface area contributed by atoms with Crippen LogP contribution in [0.3, 0.4) is 0 Å². The normalized spacial score (nSPS) is 11.8. The lowest BCUT2D eigenvalue weighted by atomic mass is 10.3. The standard InChI is InChI=1S/C13H22N2O3S/c1-11(2)18-10-5-4-8-14-13-12(19(3,16)17)7-6-9-15-13/h6-7,9,11H,4-5,8,10H2,1-3H3,(H,14,15). The van der Waals surface area contributed by atoms with Crippen molar-refractivity contribution in [1.29, 1.82) is 0 Å². The van der Waals surface area contributed by atoms with E-state index in [9.17, 15) is 8.42 Å². The Kier molecular flexibility index (Phi) is 6.24. The van der Waals surface area contributed by atoms with E-state index in [0.29, 0.717) is 12.4 Å². The van der Waals surface area contributed by atoms with E-state index in [2.05, 4.69) is 10.3 Å². The Morgan fingerprint density at radius 2 is 2.11 bits per heavy atom. The molecule has 19 heavy (non-hydrogen) atoms. The number of anilines is 1. The van der Waals surface area contributed by atoms with Crippen LogP contribution in [0.2, 0.25) is 0 Å². The summed E-state index contributed by atoms with van der Waals surface area (Å²) in [6.45, 7) is 5.41. The van der Waals surface area contributed by atoms with Crippen molar-refractivity contribution in [2.24, 2.45) is 0 Å². The van der Waals surface area contributed by atoms with Gasteiger partial charge in [0.25, 0.3) is 0 Å². The van der Waals surface area contributed by atoms with Crippen LogP contribution in [0.15, 0.2) is 23.2 Å². The number of nitrogens with one attached hydrogen (secondary N) is 1. The van der Waals surface area contributed by atoms with Crippen LogP contribution in [0.5, 0.6) is 0 Å². The number of ether oxygens (including phenoxy) is 1. The molecule has 0 bridgehead atoms. The lowest BCUT2D eigenvalue weighted by Crippen LogP contribution is -2.10. The number of unbranched alkanes of at least 4 members (excludes halogenated alkanes) is 1. The lowest BCUT2D eigenvalue weighted by Gasteiger charge is -2.10. The van der Waals surface area contributed by atoms with Crippen LogP contribution in [0.1, 0.15) is 26.7 Å². The molecule has 6 heteroatoms. The van der Waals surface area contributed by atoms with Crippen molar-refractivity contribution in [3.8, 4) is 0 Å². The molecule has 0 aliphatic carbocycles. The van der Waals surface area contributed by atoms with Gasteiger partial charge in [0, 0.05) is 25.6 Å². The molecule has 108 valence electrons. The molecule has 1 aromatic rings. The largest absolute Gasteiger partial charge is 0.379 e. The van der Waals surface area contributed by atoms with Crippen molar-refractivity contribution in [2.75, 3.05) is 24.7 Å². The Morgan fingerprint density at radius 1 is 1.37 bits per heavy atom. The molecule has 0 spiro atoms. The summed E-state index contributed by atoms with van der Waals surface area (Å²) in [6, 6.07) is 3.19. The first-order chi connectivity index (χ1) is 8.91. The van der Waals surface area contributed by atoms with Gasteiger partial charge >= 0.3 is 0 Å². The first-order valence-electron chi connectivity index (χ1n) is 6.42. The van der Waals surface area contributed by atoms with Crippen molar-refractivity contribution in [1.82, 2.24) is 4.98 Å². The Balaban J connectivity index is 2.42. The summed E-state index contributed by atoms with van der Waals surface area (Å²) in [6.07, 6.45) is 4.86. The lowest BCUT2D eigenvalue weighted by molar-refractivity contribution is 0.0765. The third-order valence-electron chi connectivity index (χ3n) is 2.48. The molecule has 0 atom stereocenters. The molecule has 0 aromatic carbocycles. The molecule has 1 rings (SSSR count). The highest BCUT2D eigenvalue weighted by molar-refractivity contribution is 7.90. The molecule has 1 aromatic heterocycles. The highest BCUT2D eigenvalue weighted by atomic mass is 32.2. The van der Waals surface area contributed by atoms with Gasteiger partial charge < -0.3 is 10.1 Å². The van der Waals surface area contributed by atoms with Gasteiger partial charge in [-0.3, -0.25) is 0 Å². The highest BCUT2D eigenvalue weighted by Crippen LogP contribution is 2.17. The summed E-state index contributed by atoms with van der Waals surface area (Å²) in [5.74, 6) is 0.426. The van der Waals surface area contributed by atoms with Gasteiger partial charge in [-0.05, 0) is 38.8 Å². The van der Waals surface area contributed by atoms with E-state index in [4.69, 9.17) is 4.74 Å². The van der Waals surface area contributed by atoms with Crippen LogP contribution < -0.4 is 5.32 Å². The predicted molar refractivity (Wildman–Crippen MR) is 76.2 cm³/mol. The van der Waals surface area contributed by atoms with E-state index in [-0.39, 0.29) is 11.0 Å². The Labute approximate surface area is 115 Å². The number of rotatable bonds is 8. The molecule has 0 fully saturated rings. The molecule has 0 amide bonds. The van der Waals surface area contributed by atoms with Gasteiger partial charge in [-0.15, -0.1) is 0 Å². The van der Waals surface area contributed by atoms with Crippen molar-refractivity contribution in [2.45, 2.75) is 37.7 Å². The SMILES string of the molecule is CC(C)OCCCCNc1ncccc1S(C)(=O)=O. The van der Waals surface area contributed by atoms with Crippen molar-refractivity contribution >= 4 is 15.7 Å². The summed E-state index contributed by atoms with van der Waals surface area (Å²) < 4.78 is 28.6. The van der Waals surface area contributed by atoms with E-state index in [1.807, 2.05) is 13.8 Å². The minimum atomic E-state index is -3.24. The molecule has 0 saturated heterocycles. The molecule has 0 unspecified atom stereocenters. The second-order valence-corrected chi connectivity index (χ2v) is 6.66. The fraction of sp³-hybridized carbons (Fsp3) is 0.615. The van der Waals surface area contributed by atoms with Crippen LogP contribution in [0.25, 0.3) is 0 Å². The quantitative estimate of drug-likeness (QED) is 0.741. The summed E-state index contributed by atoms with van der Waals surface area (Å²) in [5, 5.41) is 3.06. The Bertz CT molecular complexity index is 486. The van der Waals surface area contributed by atoms with Crippen molar-refractivity contribution in [3.63, 3.8) is 0 Å². The minimum Gasteiger partial charge on any atom is -0.379 e. The van der Waals surface area contributed by atoms with Gasteiger partial charge in [0.05, 0.1) is 6.10 Å². The molecule has 0 saturated carbocycles. The molecule has 0 aliphatic heterocycles. The molecule has 1 heterocycles. The summed E-state index contributed by atoms with van der Waals surface area (Å²) >= 11 is 0. The van der Waals surface area contributed by atoms with Gasteiger partial charge in [-0.1, -0.05) is 0 Å². The van der Waals surface area contributed by atoms with E-state index in [1.54, 1.807) is 18.3 Å². The van der Waals surface area contributed by atoms with Crippen LogP contribution in [-0.2, 0) is 14.6 Å². The fourth-order valence-corrected chi connectivity index (χ4v) is 2.38. The molecule has 1 N–H and O–H groups in total. The van der Waals surface area contributed by atoms with Gasteiger partial charge in [-0.25, -0.2) is 13.4 Å². The number of hydrogen-bond acceptors (Lipinski definition) is 5. The smallest absolute Gasteiger partial charge is 0.179 e. The van der Waals surface area contributed by atoms with Gasteiger partial charge in [0.15, 0.2) is 9.84 Å². The monoisotopic (exact) mass is 286 g/mol. The zero-order chi connectivity index (χ0) is 14.3. The van der Waals surface area contributed by atoms with Gasteiger partial charge in [-0.2, -0.15) is 0 Å². The van der Waals surface area contributed by atoms with E-state index in [0.717, 1.165) is 19.4 Å². The Hall–Kier alpha value is -1.14. The second-order valence-electron chi connectivity index (χ2n) is 4.68. The molecule has 0 radical (unpaired) electrons. The number of sulfone groups is 1. The Morgan fingerprint density at radius 3 is 2.74 bits per heavy atom. The van der Waals surface area contributed by atoms with E-state index in [1.165, 1.54) is 6.26 Å². The summed E-state index contributed by atoms with van der Waals surface area (Å²) in [7, 11) is -3.24. The number of aromatic nitrogens is 1. The van der Waals surface area contributed by atoms with Crippen molar-refractivity contribution < 1.29 is 13.2 Å². The number of nitrogens with zero attached hydrogens (tertiary/aromatic N) is 1. The van der Waals surface area contributed by atoms with E-state index >= 15 is 0 Å². The predicted octanol–water partition coefficient (Wildman–Crippen LogP) is 2.10. The topological polar surface area (TPSA) is 68.3 Å². The third kappa shape index (κ3) is 6.02. The molecule has 5 nitrogen and oxygen atoms in total. The van der Waals surface area contributed by atoms with Crippen molar-refractivity contribution in [3.05, 3.63) is 18.3 Å². The molecule has 0 aliphatic rings. The first-order valence-corrected chi connectivity index (χ1v) is 8.31. The molecular weight excluding hydrogens is 264 g/mol. The van der Waals surface area contributed by atoms with Gasteiger partial charge in [0.1, 0.15) is 10.7 Å². The third-order valence-corrected chi connectivity index (χ3v) is 3.61. The zero-order valence-corrected chi connectivity index (χ0v) is 12.5. The maximum absolute atomic E-state index is 11.6. The summed E-state index contributed by atoms with van der Waals surface area (Å²) in [4.78, 5) is 4.31. The van der Waals surface area contributed by atoms with Crippen LogP contribution in [-0.4, -0.2) is 38.9 Å². The zero-order valence-electron chi connectivity index (χ0n) is 11.7. The summed E-state index contributed by atoms with van der Waals surface area (Å²) in [5.41, 5.74) is 0.